The molecule has 1 aromatic carbocycles. The molecule has 0 aromatic heterocycles. The fourth-order valence-corrected chi connectivity index (χ4v) is 3.15. The quantitative estimate of drug-likeness (QED) is 0.350. The van der Waals surface area contributed by atoms with Crippen molar-refractivity contribution < 1.29 is 0 Å². The molecule has 0 bridgehead atoms. The second-order valence-electron chi connectivity index (χ2n) is 5.71. The maximum absolute atomic E-state index is 3.69. The van der Waals surface area contributed by atoms with E-state index in [-0.39, 0.29) is 0 Å². The molecule has 1 unspecified atom stereocenters. The van der Waals surface area contributed by atoms with Gasteiger partial charge in [-0.2, -0.15) is 0 Å². The van der Waals surface area contributed by atoms with E-state index in [9.17, 15) is 0 Å². The highest BCUT2D eigenvalue weighted by atomic mass is 79.9. The van der Waals surface area contributed by atoms with Crippen molar-refractivity contribution in [3.05, 3.63) is 35.4 Å². The topological polar surface area (TPSA) is 0 Å². The summed E-state index contributed by atoms with van der Waals surface area (Å²) in [4.78, 5) is 0. The summed E-state index contributed by atoms with van der Waals surface area (Å²) in [5.41, 5.74) is 2.97. The van der Waals surface area contributed by atoms with Crippen molar-refractivity contribution in [2.24, 2.45) is 5.92 Å². The summed E-state index contributed by atoms with van der Waals surface area (Å²) in [5, 5.41) is 1.14. The highest BCUT2D eigenvalue weighted by Gasteiger charge is 2.09. The van der Waals surface area contributed by atoms with Gasteiger partial charge in [-0.25, -0.2) is 0 Å². The van der Waals surface area contributed by atoms with E-state index in [1.54, 1.807) is 0 Å². The van der Waals surface area contributed by atoms with Crippen molar-refractivity contribution in [3.63, 3.8) is 0 Å². The van der Waals surface area contributed by atoms with Crippen LogP contribution >= 0.6 is 15.9 Å². The zero-order chi connectivity index (χ0) is 13.9. The lowest BCUT2D eigenvalue weighted by Crippen LogP contribution is -2.07. The van der Waals surface area contributed by atoms with Crippen molar-refractivity contribution >= 4 is 15.9 Å². The van der Waals surface area contributed by atoms with E-state index < -0.39 is 0 Å². The molecule has 1 heteroatoms. The van der Waals surface area contributed by atoms with Crippen molar-refractivity contribution in [2.45, 2.75) is 65.2 Å². The van der Waals surface area contributed by atoms with Crippen LogP contribution in [0.25, 0.3) is 0 Å². The Kier molecular flexibility index (Phi) is 9.24. The summed E-state index contributed by atoms with van der Waals surface area (Å²) in [7, 11) is 0. The first-order valence-electron chi connectivity index (χ1n) is 7.88. The highest BCUT2D eigenvalue weighted by molar-refractivity contribution is 9.09. The molecule has 0 aliphatic carbocycles. The van der Waals surface area contributed by atoms with Gasteiger partial charge < -0.3 is 0 Å². The van der Waals surface area contributed by atoms with Crippen LogP contribution in [0, 0.1) is 12.8 Å². The van der Waals surface area contributed by atoms with E-state index in [1.807, 2.05) is 0 Å². The van der Waals surface area contributed by atoms with Crippen molar-refractivity contribution in [3.8, 4) is 0 Å². The molecule has 1 rings (SSSR count). The third-order valence-corrected chi connectivity index (χ3v) is 4.87. The van der Waals surface area contributed by atoms with Crippen molar-refractivity contribution in [2.75, 3.05) is 5.33 Å². The monoisotopic (exact) mass is 324 g/mol. The Balaban J connectivity index is 2.24. The van der Waals surface area contributed by atoms with Crippen molar-refractivity contribution in [1.82, 2.24) is 0 Å². The molecule has 1 atom stereocenters. The summed E-state index contributed by atoms with van der Waals surface area (Å²) in [6, 6.07) is 8.81. The van der Waals surface area contributed by atoms with E-state index in [0.717, 1.165) is 11.2 Å². The predicted molar refractivity (Wildman–Crippen MR) is 90.2 cm³/mol. The zero-order valence-corrected chi connectivity index (χ0v) is 14.2. The lowest BCUT2D eigenvalue weighted by molar-refractivity contribution is 0.488. The smallest absolute Gasteiger partial charge is 0.00628 e. The maximum Gasteiger partial charge on any atom is 0.00628 e. The second-order valence-corrected chi connectivity index (χ2v) is 6.35. The van der Waals surface area contributed by atoms with Gasteiger partial charge in [0.15, 0.2) is 0 Å². The molecular formula is C18H29Br. The van der Waals surface area contributed by atoms with Crippen LogP contribution in [0.3, 0.4) is 0 Å². The zero-order valence-electron chi connectivity index (χ0n) is 12.6. The summed E-state index contributed by atoms with van der Waals surface area (Å²) < 4.78 is 0. The van der Waals surface area contributed by atoms with Gasteiger partial charge in [0.1, 0.15) is 0 Å². The highest BCUT2D eigenvalue weighted by Crippen LogP contribution is 2.20. The minimum Gasteiger partial charge on any atom is -0.0925 e. The SMILES string of the molecule is CCCCCCCCC(CBr)Cc1ccccc1C. The van der Waals surface area contributed by atoms with Gasteiger partial charge in [-0.05, 0) is 36.8 Å². The predicted octanol–water partition coefficient (Wildman–Crippen LogP) is 6.30. The molecule has 0 radical (unpaired) electrons. The standard InChI is InChI=1S/C18H29Br/c1-3-4-5-6-7-8-12-17(15-19)14-18-13-10-9-11-16(18)2/h9-11,13,17H,3-8,12,14-15H2,1-2H3. The number of unbranched alkanes of at least 4 members (excludes halogenated alkanes) is 5. The van der Waals surface area contributed by atoms with Gasteiger partial charge in [0.25, 0.3) is 0 Å². The fraction of sp³-hybridized carbons (Fsp3) is 0.667. The molecule has 0 saturated heterocycles. The van der Waals surface area contributed by atoms with Crippen LogP contribution in [-0.4, -0.2) is 5.33 Å². The lowest BCUT2D eigenvalue weighted by Gasteiger charge is -2.15. The van der Waals surface area contributed by atoms with Crippen molar-refractivity contribution in [1.29, 1.82) is 0 Å². The Morgan fingerprint density at radius 2 is 1.68 bits per heavy atom. The molecular weight excluding hydrogens is 296 g/mol. The molecule has 0 saturated carbocycles. The average Bonchev–Trinajstić information content (AvgIpc) is 2.43. The molecule has 1 aromatic rings. The van der Waals surface area contributed by atoms with Crippen LogP contribution in [-0.2, 0) is 6.42 Å². The summed E-state index contributed by atoms with van der Waals surface area (Å²) in [6.45, 7) is 4.51. The largest absolute Gasteiger partial charge is 0.0925 e. The Hall–Kier alpha value is -0.300. The summed E-state index contributed by atoms with van der Waals surface area (Å²) >= 11 is 3.69. The van der Waals surface area contributed by atoms with E-state index in [4.69, 9.17) is 0 Å². The van der Waals surface area contributed by atoms with Crippen LogP contribution in [0.15, 0.2) is 24.3 Å². The molecule has 0 nitrogen and oxygen atoms in total. The Bertz CT molecular complexity index is 332. The third kappa shape index (κ3) is 7.15. The number of benzene rings is 1. The third-order valence-electron chi connectivity index (χ3n) is 3.95. The van der Waals surface area contributed by atoms with E-state index in [1.165, 1.54) is 62.5 Å². The van der Waals surface area contributed by atoms with Gasteiger partial charge >= 0.3 is 0 Å². The number of halogens is 1. The van der Waals surface area contributed by atoms with E-state index >= 15 is 0 Å². The molecule has 0 aliphatic heterocycles. The first-order valence-corrected chi connectivity index (χ1v) is 9.00. The van der Waals surface area contributed by atoms with Gasteiger partial charge in [0.05, 0.1) is 0 Å². The minimum absolute atomic E-state index is 0.798. The first kappa shape index (κ1) is 16.8. The fourth-order valence-electron chi connectivity index (χ4n) is 2.60. The van der Waals surface area contributed by atoms with Crippen LogP contribution in [0.4, 0.5) is 0 Å². The van der Waals surface area contributed by atoms with E-state index in [0.29, 0.717) is 0 Å². The lowest BCUT2D eigenvalue weighted by atomic mass is 9.93. The van der Waals surface area contributed by atoms with Gasteiger partial charge in [0, 0.05) is 5.33 Å². The molecule has 0 spiro atoms. The normalized spacial score (nSPS) is 12.6. The number of hydrogen-bond donors (Lipinski definition) is 0. The van der Waals surface area contributed by atoms with Gasteiger partial charge in [-0.3, -0.25) is 0 Å². The maximum atomic E-state index is 3.69. The van der Waals surface area contributed by atoms with Crippen LogP contribution in [0.1, 0.15) is 63.0 Å². The average molecular weight is 325 g/mol. The van der Waals surface area contributed by atoms with E-state index in [2.05, 4.69) is 54.0 Å². The van der Waals surface area contributed by atoms with Gasteiger partial charge in [-0.1, -0.05) is 85.6 Å². The minimum atomic E-state index is 0.798. The van der Waals surface area contributed by atoms with Crippen LogP contribution < -0.4 is 0 Å². The molecule has 0 amide bonds. The first-order chi connectivity index (χ1) is 9.27. The van der Waals surface area contributed by atoms with Crippen LogP contribution in [0.5, 0.6) is 0 Å². The molecule has 0 fully saturated rings. The molecule has 108 valence electrons. The second kappa shape index (κ2) is 10.5. The number of rotatable bonds is 10. The molecule has 0 heterocycles. The molecule has 0 N–H and O–H groups in total. The number of alkyl halides is 1. The Labute approximate surface area is 128 Å². The molecule has 19 heavy (non-hydrogen) atoms. The number of aryl methyl sites for hydroxylation is 1. The summed E-state index contributed by atoms with van der Waals surface area (Å²) in [5.74, 6) is 0.798. The molecule has 0 aliphatic rings. The summed E-state index contributed by atoms with van der Waals surface area (Å²) in [6.07, 6.45) is 11.0. The Morgan fingerprint density at radius 1 is 1.00 bits per heavy atom. The van der Waals surface area contributed by atoms with Gasteiger partial charge in [-0.15, -0.1) is 0 Å². The number of hydrogen-bond acceptors (Lipinski definition) is 0. The Morgan fingerprint density at radius 3 is 2.37 bits per heavy atom. The van der Waals surface area contributed by atoms with Gasteiger partial charge in [0.2, 0.25) is 0 Å². The van der Waals surface area contributed by atoms with Crippen LogP contribution in [0.2, 0.25) is 0 Å².